The molecule has 20 heavy (non-hydrogen) atoms. The molecular weight excluding hydrogens is 284 g/mol. The normalized spacial score (nSPS) is 18.6. The molecule has 1 aliphatic heterocycles. The second-order valence-corrected chi connectivity index (χ2v) is 6.50. The summed E-state index contributed by atoms with van der Waals surface area (Å²) in [7, 11) is -3.54. The second-order valence-electron chi connectivity index (χ2n) is 4.25. The van der Waals surface area contributed by atoms with E-state index in [4.69, 9.17) is 4.74 Å². The minimum absolute atomic E-state index is 0.0611. The van der Waals surface area contributed by atoms with Crippen LogP contribution < -0.4 is 0 Å². The summed E-state index contributed by atoms with van der Waals surface area (Å²) >= 11 is 0. The average Bonchev–Trinajstić information content (AvgIpc) is 2.84. The van der Waals surface area contributed by atoms with Gasteiger partial charge in [0.05, 0.1) is 22.8 Å². The number of cyclic esters (lactones) is 1. The summed E-state index contributed by atoms with van der Waals surface area (Å²) in [5, 5.41) is 0. The molecule has 0 unspecified atom stereocenters. The summed E-state index contributed by atoms with van der Waals surface area (Å²) in [6.07, 6.45) is -0.673. The third-order valence-electron chi connectivity index (χ3n) is 2.96. The van der Waals surface area contributed by atoms with Crippen LogP contribution in [-0.4, -0.2) is 38.8 Å². The first-order valence-corrected chi connectivity index (χ1v) is 7.80. The van der Waals surface area contributed by atoms with Gasteiger partial charge in [-0.2, -0.15) is 0 Å². The third-order valence-corrected chi connectivity index (χ3v) is 4.74. The fourth-order valence-corrected chi connectivity index (χ4v) is 2.92. The molecule has 1 heterocycles. The maximum atomic E-state index is 12.0. The third kappa shape index (κ3) is 2.82. The van der Waals surface area contributed by atoms with Crippen molar-refractivity contribution in [3.05, 3.63) is 29.8 Å². The van der Waals surface area contributed by atoms with E-state index in [9.17, 15) is 18.0 Å². The number of hydrogen-bond acceptors (Lipinski definition) is 6. The Morgan fingerprint density at radius 1 is 1.40 bits per heavy atom. The van der Waals surface area contributed by atoms with Crippen LogP contribution in [0.1, 0.15) is 23.7 Å². The molecule has 1 atom stereocenters. The van der Waals surface area contributed by atoms with Crippen LogP contribution in [0.15, 0.2) is 29.2 Å². The average molecular weight is 298 g/mol. The van der Waals surface area contributed by atoms with E-state index in [0.717, 1.165) is 0 Å². The van der Waals surface area contributed by atoms with E-state index >= 15 is 0 Å². The van der Waals surface area contributed by atoms with E-state index in [-0.39, 0.29) is 29.2 Å². The zero-order valence-corrected chi connectivity index (χ0v) is 11.7. The molecule has 0 amide bonds. The molecule has 1 saturated heterocycles. The molecule has 1 aromatic rings. The first kappa shape index (κ1) is 14.5. The zero-order valence-electron chi connectivity index (χ0n) is 10.9. The number of carbonyl (C=O) groups is 2. The molecule has 1 aliphatic rings. The summed E-state index contributed by atoms with van der Waals surface area (Å²) in [6.45, 7) is 1.69. The first-order valence-electron chi connectivity index (χ1n) is 6.15. The first-order chi connectivity index (χ1) is 9.45. The topological polar surface area (TPSA) is 86.7 Å². The highest BCUT2D eigenvalue weighted by Gasteiger charge is 2.32. The molecule has 108 valence electrons. The zero-order chi connectivity index (χ0) is 14.8. The van der Waals surface area contributed by atoms with E-state index < -0.39 is 27.9 Å². The second kappa shape index (κ2) is 5.62. The van der Waals surface area contributed by atoms with Gasteiger partial charge in [-0.05, 0) is 12.1 Å². The van der Waals surface area contributed by atoms with E-state index in [1.807, 2.05) is 0 Å². The fourth-order valence-electron chi connectivity index (χ4n) is 1.84. The van der Waals surface area contributed by atoms with Gasteiger partial charge in [-0.3, -0.25) is 0 Å². The molecule has 1 fully saturated rings. The maximum Gasteiger partial charge on any atom is 0.347 e. The highest BCUT2D eigenvalue weighted by molar-refractivity contribution is 7.91. The smallest absolute Gasteiger partial charge is 0.347 e. The van der Waals surface area contributed by atoms with Gasteiger partial charge in [-0.1, -0.05) is 19.1 Å². The number of carbonyl (C=O) groups excluding carboxylic acids is 2. The number of ether oxygens (including phenoxy) is 2. The molecule has 0 N–H and O–H groups in total. The lowest BCUT2D eigenvalue weighted by molar-refractivity contribution is -0.145. The van der Waals surface area contributed by atoms with Crippen molar-refractivity contribution in [3.63, 3.8) is 0 Å². The van der Waals surface area contributed by atoms with E-state index in [1.165, 1.54) is 31.2 Å². The van der Waals surface area contributed by atoms with Gasteiger partial charge in [0, 0.05) is 6.42 Å². The Bertz CT molecular complexity index is 634. The van der Waals surface area contributed by atoms with Crippen molar-refractivity contribution in [1.82, 2.24) is 0 Å². The molecule has 2 rings (SSSR count). The Labute approximate surface area is 116 Å². The summed E-state index contributed by atoms with van der Waals surface area (Å²) < 4.78 is 33.6. The molecule has 0 aromatic heterocycles. The van der Waals surface area contributed by atoms with Crippen LogP contribution in [0.3, 0.4) is 0 Å². The van der Waals surface area contributed by atoms with Crippen molar-refractivity contribution in [2.75, 3.05) is 12.4 Å². The number of sulfone groups is 1. The van der Waals surface area contributed by atoms with Gasteiger partial charge in [-0.15, -0.1) is 0 Å². The van der Waals surface area contributed by atoms with Crippen molar-refractivity contribution in [3.8, 4) is 0 Å². The summed E-state index contributed by atoms with van der Waals surface area (Å²) in [6, 6.07) is 5.79. The Morgan fingerprint density at radius 2 is 2.10 bits per heavy atom. The van der Waals surface area contributed by atoms with Crippen LogP contribution >= 0.6 is 0 Å². The van der Waals surface area contributed by atoms with Crippen LogP contribution in [0.25, 0.3) is 0 Å². The van der Waals surface area contributed by atoms with Crippen molar-refractivity contribution >= 4 is 21.8 Å². The van der Waals surface area contributed by atoms with Gasteiger partial charge in [0.2, 0.25) is 6.10 Å². The predicted molar refractivity (Wildman–Crippen MR) is 68.9 cm³/mol. The molecule has 0 saturated carbocycles. The Hall–Kier alpha value is -1.89. The van der Waals surface area contributed by atoms with E-state index in [2.05, 4.69) is 4.74 Å². The molecule has 1 aromatic carbocycles. The quantitative estimate of drug-likeness (QED) is 0.769. The van der Waals surface area contributed by atoms with Crippen molar-refractivity contribution in [2.45, 2.75) is 24.3 Å². The number of benzene rings is 1. The van der Waals surface area contributed by atoms with Gasteiger partial charge >= 0.3 is 11.9 Å². The Balaban J connectivity index is 2.29. The van der Waals surface area contributed by atoms with E-state index in [1.54, 1.807) is 0 Å². The molecule has 0 bridgehead atoms. The van der Waals surface area contributed by atoms with Gasteiger partial charge in [-0.25, -0.2) is 18.0 Å². The maximum absolute atomic E-state index is 12.0. The summed E-state index contributed by atoms with van der Waals surface area (Å²) in [5.41, 5.74) is -0.0611. The molecule has 0 radical (unpaired) electrons. The van der Waals surface area contributed by atoms with Gasteiger partial charge in [0.1, 0.15) is 0 Å². The fraction of sp³-hybridized carbons (Fsp3) is 0.385. The van der Waals surface area contributed by atoms with Gasteiger partial charge < -0.3 is 9.47 Å². The minimum atomic E-state index is -3.54. The standard InChI is InChI=1S/C13H14O6S/c1-2-20(16,17)11-6-4-3-5-9(11)12(14)19-10-7-8-18-13(10)15/h3-6,10H,2,7-8H2,1H3/t10-/m1/s1. The SMILES string of the molecule is CCS(=O)(=O)c1ccccc1C(=O)O[C@@H]1CCOC1=O. The molecule has 7 heteroatoms. The van der Waals surface area contributed by atoms with Crippen LogP contribution in [0.5, 0.6) is 0 Å². The van der Waals surface area contributed by atoms with E-state index in [0.29, 0.717) is 0 Å². The molecule has 0 spiro atoms. The lowest BCUT2D eigenvalue weighted by Gasteiger charge is -2.11. The lowest BCUT2D eigenvalue weighted by Crippen LogP contribution is -2.24. The summed E-state index contributed by atoms with van der Waals surface area (Å²) in [5.74, 6) is -1.56. The van der Waals surface area contributed by atoms with Gasteiger partial charge in [0.15, 0.2) is 9.84 Å². The van der Waals surface area contributed by atoms with Gasteiger partial charge in [0.25, 0.3) is 0 Å². The van der Waals surface area contributed by atoms with Crippen LogP contribution in [0.4, 0.5) is 0 Å². The highest BCUT2D eigenvalue weighted by atomic mass is 32.2. The monoisotopic (exact) mass is 298 g/mol. The number of rotatable bonds is 4. The lowest BCUT2D eigenvalue weighted by atomic mass is 10.2. The predicted octanol–water partition coefficient (Wildman–Crippen LogP) is 0.953. The Kier molecular flexibility index (Phi) is 4.08. The Morgan fingerprint density at radius 3 is 2.70 bits per heavy atom. The van der Waals surface area contributed by atoms with Crippen LogP contribution in [-0.2, 0) is 24.1 Å². The number of esters is 2. The molecule has 6 nitrogen and oxygen atoms in total. The van der Waals surface area contributed by atoms with Crippen molar-refractivity contribution in [1.29, 1.82) is 0 Å². The highest BCUT2D eigenvalue weighted by Crippen LogP contribution is 2.20. The van der Waals surface area contributed by atoms with Crippen LogP contribution in [0, 0.1) is 0 Å². The molecular formula is C13H14O6S. The molecule has 0 aliphatic carbocycles. The number of hydrogen-bond donors (Lipinski definition) is 0. The minimum Gasteiger partial charge on any atom is -0.463 e. The van der Waals surface area contributed by atoms with Crippen molar-refractivity contribution < 1.29 is 27.5 Å². The summed E-state index contributed by atoms with van der Waals surface area (Å²) in [4.78, 5) is 23.2. The largest absolute Gasteiger partial charge is 0.463 e. The van der Waals surface area contributed by atoms with Crippen molar-refractivity contribution in [2.24, 2.45) is 0 Å². The van der Waals surface area contributed by atoms with Crippen LogP contribution in [0.2, 0.25) is 0 Å².